The molecule has 0 saturated heterocycles. The third-order valence-corrected chi connectivity index (χ3v) is 15.2. The number of esters is 2. The Morgan fingerprint density at radius 3 is 0.965 bits per heavy atom. The molecule has 0 bridgehead atoms. The summed E-state index contributed by atoms with van der Waals surface area (Å²) in [5.41, 5.74) is 5.40. The molecular formula is C75H126NO8P. The van der Waals surface area contributed by atoms with Gasteiger partial charge in [0, 0.05) is 19.4 Å². The molecule has 0 aromatic carbocycles. The molecule has 2 atom stereocenters. The molecule has 85 heavy (non-hydrogen) atoms. The lowest BCUT2D eigenvalue weighted by molar-refractivity contribution is -0.161. The zero-order valence-electron chi connectivity index (χ0n) is 54.3. The second kappa shape index (κ2) is 69.0. The van der Waals surface area contributed by atoms with Crippen molar-refractivity contribution in [1.82, 2.24) is 0 Å². The van der Waals surface area contributed by atoms with Gasteiger partial charge in [0.15, 0.2) is 6.10 Å². The number of nitrogens with two attached hydrogens (primary N) is 1. The lowest BCUT2D eigenvalue weighted by atomic mass is 10.0. The van der Waals surface area contributed by atoms with E-state index in [0.717, 1.165) is 116 Å². The van der Waals surface area contributed by atoms with E-state index in [2.05, 4.69) is 160 Å². The number of hydrogen-bond donors (Lipinski definition) is 2. The predicted molar refractivity (Wildman–Crippen MR) is 367 cm³/mol. The normalized spacial score (nSPS) is 13.9. The summed E-state index contributed by atoms with van der Waals surface area (Å²) in [7, 11) is -4.40. The van der Waals surface area contributed by atoms with Gasteiger partial charge in [0.2, 0.25) is 0 Å². The van der Waals surface area contributed by atoms with Gasteiger partial charge in [0.1, 0.15) is 6.61 Å². The Bertz CT molecular complexity index is 1900. The number of hydrogen-bond acceptors (Lipinski definition) is 8. The van der Waals surface area contributed by atoms with Gasteiger partial charge in [-0.1, -0.05) is 295 Å². The van der Waals surface area contributed by atoms with E-state index in [1.165, 1.54) is 135 Å². The van der Waals surface area contributed by atoms with E-state index in [1.807, 2.05) is 0 Å². The van der Waals surface area contributed by atoms with Crippen molar-refractivity contribution in [3.63, 3.8) is 0 Å². The molecule has 0 fully saturated rings. The number of carbonyl (C=O) groups excluding carboxylic acids is 2. The molecule has 10 heteroatoms. The summed E-state index contributed by atoms with van der Waals surface area (Å²) in [6.07, 6.45) is 99.2. The van der Waals surface area contributed by atoms with Gasteiger partial charge in [-0.25, -0.2) is 4.57 Å². The first kappa shape index (κ1) is 80.9. The van der Waals surface area contributed by atoms with E-state index in [9.17, 15) is 19.0 Å². The lowest BCUT2D eigenvalue weighted by Crippen LogP contribution is -2.29. The number of ether oxygens (including phenoxy) is 2. The van der Waals surface area contributed by atoms with Crippen molar-refractivity contribution in [2.75, 3.05) is 26.4 Å². The highest BCUT2D eigenvalue weighted by Gasteiger charge is 2.26. The average molecular weight is 1200 g/mol. The van der Waals surface area contributed by atoms with Crippen molar-refractivity contribution in [2.24, 2.45) is 5.73 Å². The van der Waals surface area contributed by atoms with Crippen molar-refractivity contribution >= 4 is 19.8 Å². The van der Waals surface area contributed by atoms with Crippen LogP contribution < -0.4 is 5.73 Å². The number of unbranched alkanes of at least 4 members (excludes halogenated alkanes) is 26. The molecule has 484 valence electrons. The maximum Gasteiger partial charge on any atom is 0.472 e. The summed E-state index contributed by atoms with van der Waals surface area (Å²) in [5.74, 6) is -0.837. The highest BCUT2D eigenvalue weighted by Crippen LogP contribution is 2.43. The first-order valence-electron chi connectivity index (χ1n) is 34.3. The molecule has 0 aliphatic rings. The third kappa shape index (κ3) is 68.9. The van der Waals surface area contributed by atoms with Gasteiger partial charge in [-0.15, -0.1) is 0 Å². The van der Waals surface area contributed by atoms with Crippen molar-refractivity contribution in [3.05, 3.63) is 146 Å². The van der Waals surface area contributed by atoms with E-state index in [1.54, 1.807) is 0 Å². The fourth-order valence-corrected chi connectivity index (χ4v) is 9.93. The Balaban J connectivity index is 3.95. The summed E-state index contributed by atoms with van der Waals surface area (Å²) in [4.78, 5) is 35.3. The molecule has 0 aromatic rings. The molecule has 2 unspecified atom stereocenters. The van der Waals surface area contributed by atoms with E-state index in [4.69, 9.17) is 24.3 Å². The largest absolute Gasteiger partial charge is 0.472 e. The molecule has 0 aliphatic heterocycles. The highest BCUT2D eigenvalue weighted by molar-refractivity contribution is 7.47. The van der Waals surface area contributed by atoms with Gasteiger partial charge in [0.05, 0.1) is 13.2 Å². The summed E-state index contributed by atoms with van der Waals surface area (Å²) < 4.78 is 33.1. The smallest absolute Gasteiger partial charge is 0.462 e. The molecule has 0 aliphatic carbocycles. The molecule has 0 saturated carbocycles. The summed E-state index contributed by atoms with van der Waals surface area (Å²) >= 11 is 0. The predicted octanol–water partition coefficient (Wildman–Crippen LogP) is 22.6. The van der Waals surface area contributed by atoms with Crippen LogP contribution in [0.5, 0.6) is 0 Å². The molecular weight excluding hydrogens is 1070 g/mol. The minimum atomic E-state index is -4.40. The Hall–Kier alpha value is -4.11. The van der Waals surface area contributed by atoms with Gasteiger partial charge in [0.25, 0.3) is 0 Å². The lowest BCUT2D eigenvalue weighted by Gasteiger charge is -2.19. The van der Waals surface area contributed by atoms with Crippen LogP contribution in [0.4, 0.5) is 0 Å². The van der Waals surface area contributed by atoms with Crippen LogP contribution in [0.15, 0.2) is 146 Å². The number of phosphoric ester groups is 1. The Morgan fingerprint density at radius 2 is 0.647 bits per heavy atom. The van der Waals surface area contributed by atoms with Gasteiger partial charge in [-0.05, 0) is 122 Å². The maximum atomic E-state index is 12.8. The Labute approximate surface area is 522 Å². The van der Waals surface area contributed by atoms with Crippen molar-refractivity contribution in [2.45, 2.75) is 290 Å². The van der Waals surface area contributed by atoms with Crippen molar-refractivity contribution in [3.8, 4) is 0 Å². The maximum absolute atomic E-state index is 12.8. The Kier molecular flexibility index (Phi) is 65.7. The number of carbonyl (C=O) groups is 2. The second-order valence-electron chi connectivity index (χ2n) is 22.3. The summed E-state index contributed by atoms with van der Waals surface area (Å²) in [6, 6.07) is 0. The summed E-state index contributed by atoms with van der Waals surface area (Å²) in [6.45, 7) is 3.62. The monoisotopic (exact) mass is 1200 g/mol. The van der Waals surface area contributed by atoms with E-state index >= 15 is 0 Å². The fourth-order valence-electron chi connectivity index (χ4n) is 9.17. The van der Waals surface area contributed by atoms with Gasteiger partial charge < -0.3 is 20.1 Å². The molecule has 3 N–H and O–H groups in total. The molecule has 0 rings (SSSR count). The fraction of sp³-hybridized carbons (Fsp3) is 0.653. The van der Waals surface area contributed by atoms with Crippen LogP contribution in [-0.2, 0) is 32.7 Å². The van der Waals surface area contributed by atoms with Gasteiger partial charge >= 0.3 is 19.8 Å². The van der Waals surface area contributed by atoms with Crippen molar-refractivity contribution in [1.29, 1.82) is 0 Å². The van der Waals surface area contributed by atoms with Crippen LogP contribution in [0.3, 0.4) is 0 Å². The minimum absolute atomic E-state index is 0.0466. The molecule has 0 spiro atoms. The first-order chi connectivity index (χ1) is 41.8. The zero-order chi connectivity index (χ0) is 61.6. The van der Waals surface area contributed by atoms with E-state index in [0.29, 0.717) is 6.42 Å². The topological polar surface area (TPSA) is 134 Å². The molecule has 0 heterocycles. The van der Waals surface area contributed by atoms with Gasteiger partial charge in [-0.2, -0.15) is 0 Å². The quantitative estimate of drug-likeness (QED) is 0.0264. The minimum Gasteiger partial charge on any atom is -0.462 e. The Morgan fingerprint density at radius 1 is 0.365 bits per heavy atom. The number of phosphoric acid groups is 1. The van der Waals surface area contributed by atoms with E-state index < -0.39 is 26.5 Å². The third-order valence-electron chi connectivity index (χ3n) is 14.2. The molecule has 0 aromatic heterocycles. The van der Waals surface area contributed by atoms with Gasteiger partial charge in [-0.3, -0.25) is 18.6 Å². The van der Waals surface area contributed by atoms with E-state index in [-0.39, 0.29) is 38.6 Å². The van der Waals surface area contributed by atoms with Crippen LogP contribution in [0.25, 0.3) is 0 Å². The van der Waals surface area contributed by atoms with Crippen LogP contribution in [-0.4, -0.2) is 49.3 Å². The van der Waals surface area contributed by atoms with Crippen LogP contribution in [0, 0.1) is 0 Å². The number of rotatable bonds is 63. The zero-order valence-corrected chi connectivity index (χ0v) is 55.2. The summed E-state index contributed by atoms with van der Waals surface area (Å²) in [5, 5.41) is 0. The standard InChI is InChI=1S/C75H126NO8P/c1-3-5-7-9-11-13-15-17-19-21-23-25-27-28-29-30-31-32-33-34-35-36-37-38-39-40-41-42-43-44-46-48-50-52-54-56-58-60-62-64-66-68-75(78)84-73(72-83-85(79,80)82-70-69-76)71-81-74(77)67-65-63-61-59-57-55-53-51-49-47-45-26-24-22-20-18-16-14-12-10-8-6-4-2/h5,7,11,13,16-19,22-25,28-29,31-32,34-35,37-38,40-41,43-44,73H,3-4,6,8-10,12,14-15,20-21,26-27,30,33,36,39,42,45-72,76H2,1-2H3,(H,79,80)/b7-5-,13-11-,18-16-,19-17-,24-22-,25-23-,29-28-,32-31-,35-34-,38-37-,41-40-,44-43-. The molecule has 0 radical (unpaired) electrons. The first-order valence-corrected chi connectivity index (χ1v) is 35.8. The van der Waals surface area contributed by atoms with Crippen LogP contribution in [0.2, 0.25) is 0 Å². The van der Waals surface area contributed by atoms with Crippen molar-refractivity contribution < 1.29 is 37.6 Å². The second-order valence-corrected chi connectivity index (χ2v) is 23.8. The highest BCUT2D eigenvalue weighted by atomic mass is 31.2. The molecule has 9 nitrogen and oxygen atoms in total. The molecule has 0 amide bonds. The SMILES string of the molecule is CC/C=C\C/C=C\C/C=C\C/C=C\C/C=C\C/C=C\C/C=C\C/C=C\C/C=C\C/C=C\CCCCCCCCCCCCC(=O)OC(COC(=O)CCCCCCCCCCCCC/C=C\C/C=C\CCCCCCC)COP(=O)(O)OCCN. The average Bonchev–Trinajstić information content (AvgIpc) is 3.52. The van der Waals surface area contributed by atoms with Crippen LogP contribution >= 0.6 is 7.82 Å². The van der Waals surface area contributed by atoms with Crippen LogP contribution in [0.1, 0.15) is 284 Å². The number of allylic oxidation sites excluding steroid dienone is 24.